The fourth-order valence-corrected chi connectivity index (χ4v) is 2.45. The Labute approximate surface area is 90.6 Å². The topological polar surface area (TPSA) is 61.7 Å². The number of rotatable bonds is 3. The first-order chi connectivity index (χ1) is 7.20. The Morgan fingerprint density at radius 1 is 1.20 bits per heavy atom. The lowest BCUT2D eigenvalue weighted by Crippen LogP contribution is -2.49. The van der Waals surface area contributed by atoms with Gasteiger partial charge in [0.1, 0.15) is 0 Å². The van der Waals surface area contributed by atoms with Crippen molar-refractivity contribution in [3.8, 4) is 0 Å². The van der Waals surface area contributed by atoms with E-state index in [2.05, 4.69) is 5.32 Å². The lowest BCUT2D eigenvalue weighted by atomic mass is 9.84. The standard InChI is InChI=1S/C11H21NO3/c13-10-7-15-6-9(10)12-8-11(14)4-2-1-3-5-11/h9-10,12-14H,1-8H2. The van der Waals surface area contributed by atoms with Crippen LogP contribution < -0.4 is 5.32 Å². The number of ether oxygens (including phenoxy) is 1. The summed E-state index contributed by atoms with van der Waals surface area (Å²) in [7, 11) is 0. The van der Waals surface area contributed by atoms with Gasteiger partial charge < -0.3 is 20.3 Å². The van der Waals surface area contributed by atoms with Gasteiger partial charge in [-0.05, 0) is 12.8 Å². The van der Waals surface area contributed by atoms with E-state index in [4.69, 9.17) is 4.74 Å². The second kappa shape index (κ2) is 4.78. The van der Waals surface area contributed by atoms with E-state index in [1.54, 1.807) is 0 Å². The zero-order valence-corrected chi connectivity index (χ0v) is 9.11. The van der Waals surface area contributed by atoms with Crippen molar-refractivity contribution in [2.24, 2.45) is 0 Å². The van der Waals surface area contributed by atoms with Crippen molar-refractivity contribution in [1.29, 1.82) is 0 Å². The van der Waals surface area contributed by atoms with Crippen LogP contribution in [0.3, 0.4) is 0 Å². The lowest BCUT2D eigenvalue weighted by Gasteiger charge is -2.33. The van der Waals surface area contributed by atoms with Crippen molar-refractivity contribution >= 4 is 0 Å². The molecule has 0 aromatic rings. The minimum absolute atomic E-state index is 0.00375. The summed E-state index contributed by atoms with van der Waals surface area (Å²) in [5.41, 5.74) is -0.555. The van der Waals surface area contributed by atoms with Gasteiger partial charge in [0.05, 0.1) is 31.0 Å². The van der Waals surface area contributed by atoms with Crippen LogP contribution in [0.15, 0.2) is 0 Å². The van der Waals surface area contributed by atoms with Gasteiger partial charge >= 0.3 is 0 Å². The minimum atomic E-state index is -0.555. The van der Waals surface area contributed by atoms with E-state index in [0.29, 0.717) is 19.8 Å². The molecule has 0 bridgehead atoms. The number of aliphatic hydroxyl groups excluding tert-OH is 1. The molecule has 4 nitrogen and oxygen atoms in total. The van der Waals surface area contributed by atoms with Gasteiger partial charge in [-0.2, -0.15) is 0 Å². The normalized spacial score (nSPS) is 35.6. The summed E-state index contributed by atoms with van der Waals surface area (Å²) in [6.45, 7) is 1.55. The zero-order valence-electron chi connectivity index (χ0n) is 9.11. The molecule has 2 aliphatic rings. The highest BCUT2D eigenvalue weighted by Gasteiger charge is 2.32. The molecule has 0 spiro atoms. The maximum Gasteiger partial charge on any atom is 0.0948 e. The number of hydrogen-bond donors (Lipinski definition) is 3. The third-order valence-electron chi connectivity index (χ3n) is 3.53. The van der Waals surface area contributed by atoms with Crippen molar-refractivity contribution in [1.82, 2.24) is 5.32 Å². The van der Waals surface area contributed by atoms with E-state index in [9.17, 15) is 10.2 Å². The average molecular weight is 215 g/mol. The van der Waals surface area contributed by atoms with Crippen molar-refractivity contribution in [3.63, 3.8) is 0 Å². The average Bonchev–Trinajstić information content (AvgIpc) is 2.62. The molecule has 15 heavy (non-hydrogen) atoms. The Bertz CT molecular complexity index is 204. The van der Waals surface area contributed by atoms with Gasteiger partial charge in [0.15, 0.2) is 0 Å². The first kappa shape index (κ1) is 11.3. The second-order valence-corrected chi connectivity index (χ2v) is 4.88. The van der Waals surface area contributed by atoms with Crippen molar-refractivity contribution in [3.05, 3.63) is 0 Å². The molecule has 1 saturated carbocycles. The van der Waals surface area contributed by atoms with Crippen LogP contribution in [0, 0.1) is 0 Å². The molecule has 2 unspecified atom stereocenters. The van der Waals surface area contributed by atoms with Crippen LogP contribution in [0.4, 0.5) is 0 Å². The maximum atomic E-state index is 10.2. The number of hydrogen-bond acceptors (Lipinski definition) is 4. The Kier molecular flexibility index (Phi) is 3.61. The van der Waals surface area contributed by atoms with Crippen molar-refractivity contribution in [2.45, 2.75) is 49.9 Å². The zero-order chi connectivity index (χ0) is 10.7. The van der Waals surface area contributed by atoms with E-state index in [0.717, 1.165) is 25.7 Å². The Morgan fingerprint density at radius 3 is 2.53 bits per heavy atom. The van der Waals surface area contributed by atoms with Gasteiger partial charge in [-0.25, -0.2) is 0 Å². The van der Waals surface area contributed by atoms with Gasteiger partial charge in [-0.3, -0.25) is 0 Å². The SMILES string of the molecule is OC1COCC1NCC1(O)CCCCC1. The molecule has 1 aliphatic heterocycles. The third-order valence-corrected chi connectivity index (χ3v) is 3.53. The van der Waals surface area contributed by atoms with Crippen LogP contribution in [-0.4, -0.2) is 47.7 Å². The largest absolute Gasteiger partial charge is 0.389 e. The van der Waals surface area contributed by atoms with E-state index >= 15 is 0 Å². The quantitative estimate of drug-likeness (QED) is 0.621. The van der Waals surface area contributed by atoms with E-state index in [1.165, 1.54) is 6.42 Å². The summed E-state index contributed by atoms with van der Waals surface area (Å²) in [5, 5.41) is 23.0. The molecule has 3 N–H and O–H groups in total. The molecule has 0 amide bonds. The van der Waals surface area contributed by atoms with Gasteiger partial charge in [0, 0.05) is 6.54 Å². The van der Waals surface area contributed by atoms with E-state index in [-0.39, 0.29) is 6.04 Å². The molecule has 2 fully saturated rings. The predicted octanol–water partition coefficient (Wildman–Crippen LogP) is 0.0309. The van der Waals surface area contributed by atoms with Gasteiger partial charge in [0.2, 0.25) is 0 Å². The molecule has 0 aromatic carbocycles. The smallest absolute Gasteiger partial charge is 0.0948 e. The van der Waals surface area contributed by atoms with Gasteiger partial charge in [-0.15, -0.1) is 0 Å². The monoisotopic (exact) mass is 215 g/mol. The first-order valence-corrected chi connectivity index (χ1v) is 5.91. The lowest BCUT2D eigenvalue weighted by molar-refractivity contribution is -0.000192. The molecular formula is C11H21NO3. The molecule has 1 aliphatic carbocycles. The summed E-state index contributed by atoms with van der Waals surface area (Å²) in [5.74, 6) is 0. The van der Waals surface area contributed by atoms with Crippen molar-refractivity contribution < 1.29 is 14.9 Å². The highest BCUT2D eigenvalue weighted by atomic mass is 16.5. The second-order valence-electron chi connectivity index (χ2n) is 4.88. The van der Waals surface area contributed by atoms with E-state index in [1.807, 2.05) is 0 Å². The van der Waals surface area contributed by atoms with Crippen LogP contribution in [0.25, 0.3) is 0 Å². The molecule has 2 rings (SSSR count). The summed E-state index contributed by atoms with van der Waals surface area (Å²) in [6, 6.07) is -0.00375. The Balaban J connectivity index is 1.76. The molecule has 4 heteroatoms. The molecule has 1 saturated heterocycles. The molecule has 0 radical (unpaired) electrons. The first-order valence-electron chi connectivity index (χ1n) is 5.91. The Morgan fingerprint density at radius 2 is 1.93 bits per heavy atom. The maximum absolute atomic E-state index is 10.2. The number of aliphatic hydroxyl groups is 2. The summed E-state index contributed by atoms with van der Waals surface area (Å²) < 4.78 is 5.15. The van der Waals surface area contributed by atoms with Gasteiger partial charge in [-0.1, -0.05) is 19.3 Å². The van der Waals surface area contributed by atoms with E-state index < -0.39 is 11.7 Å². The highest BCUT2D eigenvalue weighted by Crippen LogP contribution is 2.27. The molecule has 1 heterocycles. The van der Waals surface area contributed by atoms with Crippen molar-refractivity contribution in [2.75, 3.05) is 19.8 Å². The van der Waals surface area contributed by atoms with Gasteiger partial charge in [0.25, 0.3) is 0 Å². The molecule has 0 aromatic heterocycles. The molecule has 2 atom stereocenters. The van der Waals surface area contributed by atoms with Crippen LogP contribution in [0.5, 0.6) is 0 Å². The third kappa shape index (κ3) is 2.91. The van der Waals surface area contributed by atoms with Crippen LogP contribution in [0.2, 0.25) is 0 Å². The minimum Gasteiger partial charge on any atom is -0.389 e. The number of nitrogens with one attached hydrogen (secondary N) is 1. The summed E-state index contributed by atoms with van der Waals surface area (Å²) in [4.78, 5) is 0. The summed E-state index contributed by atoms with van der Waals surface area (Å²) in [6.07, 6.45) is 4.80. The van der Waals surface area contributed by atoms with Crippen LogP contribution in [0.1, 0.15) is 32.1 Å². The molecular weight excluding hydrogens is 194 g/mol. The Hall–Kier alpha value is -0.160. The fourth-order valence-electron chi connectivity index (χ4n) is 2.45. The van der Waals surface area contributed by atoms with Crippen LogP contribution in [-0.2, 0) is 4.74 Å². The summed E-state index contributed by atoms with van der Waals surface area (Å²) >= 11 is 0. The molecule has 88 valence electrons. The van der Waals surface area contributed by atoms with Crippen LogP contribution >= 0.6 is 0 Å². The fraction of sp³-hybridized carbons (Fsp3) is 1.00. The highest BCUT2D eigenvalue weighted by molar-refractivity contribution is 4.88. The predicted molar refractivity (Wildman–Crippen MR) is 56.7 cm³/mol.